The van der Waals surface area contributed by atoms with Crippen LogP contribution in [0.2, 0.25) is 5.02 Å². The topological polar surface area (TPSA) is 75.4 Å². The number of hydrogen-bond acceptors (Lipinski definition) is 7. The summed E-state index contributed by atoms with van der Waals surface area (Å²) >= 11 is 6.33. The van der Waals surface area contributed by atoms with Gasteiger partial charge in [0.2, 0.25) is 11.2 Å². The van der Waals surface area contributed by atoms with E-state index in [-0.39, 0.29) is 17.8 Å². The predicted octanol–water partition coefficient (Wildman–Crippen LogP) is 5.11. The SMILES string of the molecule is Cc1cccc(Oc2coc3cc(OC[C@@H](O)CN4CCN(c5ccccc5Cl)CC4)ccc3c2=O)c1. The first kappa shape index (κ1) is 25.1. The van der Waals surface area contributed by atoms with Gasteiger partial charge in [0, 0.05) is 38.8 Å². The predicted molar refractivity (Wildman–Crippen MR) is 145 cm³/mol. The molecule has 192 valence electrons. The monoisotopic (exact) mass is 520 g/mol. The molecule has 1 saturated heterocycles. The van der Waals surface area contributed by atoms with E-state index in [9.17, 15) is 9.90 Å². The minimum absolute atomic E-state index is 0.122. The zero-order valence-corrected chi connectivity index (χ0v) is 21.4. The average Bonchev–Trinajstić information content (AvgIpc) is 2.90. The van der Waals surface area contributed by atoms with Gasteiger partial charge in [-0.15, -0.1) is 0 Å². The van der Waals surface area contributed by atoms with Crippen molar-refractivity contribution in [1.82, 2.24) is 4.90 Å². The molecule has 0 spiro atoms. The summed E-state index contributed by atoms with van der Waals surface area (Å²) in [4.78, 5) is 17.4. The van der Waals surface area contributed by atoms with Crippen LogP contribution >= 0.6 is 11.6 Å². The minimum atomic E-state index is -0.653. The van der Waals surface area contributed by atoms with E-state index < -0.39 is 6.10 Å². The summed E-state index contributed by atoms with van der Waals surface area (Å²) in [5.74, 6) is 1.22. The molecule has 2 heterocycles. The highest BCUT2D eigenvalue weighted by Crippen LogP contribution is 2.27. The van der Waals surface area contributed by atoms with Crippen LogP contribution in [0.25, 0.3) is 11.0 Å². The van der Waals surface area contributed by atoms with E-state index in [0.717, 1.165) is 42.5 Å². The van der Waals surface area contributed by atoms with Crippen molar-refractivity contribution < 1.29 is 19.0 Å². The summed E-state index contributed by atoms with van der Waals surface area (Å²) in [6.45, 7) is 5.95. The number of fused-ring (bicyclic) bond motifs is 1. The van der Waals surface area contributed by atoms with Crippen LogP contribution in [-0.4, -0.2) is 55.4 Å². The number of benzene rings is 3. The molecule has 3 aromatic carbocycles. The van der Waals surface area contributed by atoms with Gasteiger partial charge in [-0.2, -0.15) is 0 Å². The number of halogens is 1. The van der Waals surface area contributed by atoms with Crippen LogP contribution in [0.1, 0.15) is 5.56 Å². The number of β-amino-alcohol motifs (C(OH)–C–C–N with tert-alkyl or cyclic N) is 1. The number of ether oxygens (including phenoxy) is 2. The first-order valence-corrected chi connectivity index (χ1v) is 12.7. The fourth-order valence-corrected chi connectivity index (χ4v) is 4.73. The molecule has 1 aromatic heterocycles. The molecule has 1 aliphatic heterocycles. The molecule has 1 N–H and O–H groups in total. The van der Waals surface area contributed by atoms with Crippen molar-refractivity contribution in [1.29, 1.82) is 0 Å². The number of aliphatic hydroxyl groups is 1. The molecule has 5 rings (SSSR count). The average molecular weight is 521 g/mol. The molecule has 0 amide bonds. The summed E-state index contributed by atoms with van der Waals surface area (Å²) in [7, 11) is 0. The van der Waals surface area contributed by atoms with Crippen LogP contribution in [0.5, 0.6) is 17.2 Å². The number of nitrogens with zero attached hydrogens (tertiary/aromatic N) is 2. The van der Waals surface area contributed by atoms with Gasteiger partial charge >= 0.3 is 0 Å². The van der Waals surface area contributed by atoms with E-state index >= 15 is 0 Å². The maximum absolute atomic E-state index is 12.9. The number of aryl methyl sites for hydroxylation is 1. The lowest BCUT2D eigenvalue weighted by atomic mass is 10.2. The summed E-state index contributed by atoms with van der Waals surface area (Å²) in [6, 6.07) is 20.3. The maximum atomic E-state index is 12.9. The fraction of sp³-hybridized carbons (Fsp3) is 0.276. The van der Waals surface area contributed by atoms with Crippen molar-refractivity contribution >= 4 is 28.3 Å². The van der Waals surface area contributed by atoms with Crippen LogP contribution in [-0.2, 0) is 0 Å². The second-order valence-corrected chi connectivity index (χ2v) is 9.62. The fourth-order valence-electron chi connectivity index (χ4n) is 4.48. The summed E-state index contributed by atoms with van der Waals surface area (Å²) < 4.78 is 17.2. The van der Waals surface area contributed by atoms with E-state index in [1.165, 1.54) is 6.26 Å². The second-order valence-electron chi connectivity index (χ2n) is 9.21. The normalized spacial score (nSPS) is 15.1. The second kappa shape index (κ2) is 11.3. The maximum Gasteiger partial charge on any atom is 0.235 e. The Bertz CT molecular complexity index is 1430. The van der Waals surface area contributed by atoms with Crippen LogP contribution < -0.4 is 19.8 Å². The van der Waals surface area contributed by atoms with Crippen molar-refractivity contribution in [3.63, 3.8) is 0 Å². The summed E-state index contributed by atoms with van der Waals surface area (Å²) in [6.07, 6.45) is 0.660. The highest BCUT2D eigenvalue weighted by molar-refractivity contribution is 6.33. The van der Waals surface area contributed by atoms with Crippen molar-refractivity contribution in [3.8, 4) is 17.2 Å². The first-order valence-electron chi connectivity index (χ1n) is 12.3. The van der Waals surface area contributed by atoms with Crippen LogP contribution in [0, 0.1) is 6.92 Å². The Kier molecular flexibility index (Phi) is 7.65. The van der Waals surface area contributed by atoms with Gasteiger partial charge in [0.1, 0.15) is 36.1 Å². The molecule has 37 heavy (non-hydrogen) atoms. The largest absolute Gasteiger partial charge is 0.491 e. The summed E-state index contributed by atoms with van der Waals surface area (Å²) in [5.41, 5.74) is 2.21. The Morgan fingerprint density at radius 3 is 2.59 bits per heavy atom. The molecule has 0 saturated carbocycles. The molecular weight excluding hydrogens is 492 g/mol. The van der Waals surface area contributed by atoms with Gasteiger partial charge in [-0.05, 0) is 48.9 Å². The lowest BCUT2D eigenvalue weighted by Gasteiger charge is -2.37. The van der Waals surface area contributed by atoms with E-state index in [0.29, 0.717) is 29.0 Å². The van der Waals surface area contributed by atoms with Crippen molar-refractivity contribution in [3.05, 3.63) is 93.8 Å². The molecule has 1 atom stereocenters. The number of anilines is 1. The highest BCUT2D eigenvalue weighted by Gasteiger charge is 2.21. The molecule has 0 radical (unpaired) electrons. The smallest absolute Gasteiger partial charge is 0.235 e. The molecule has 0 bridgehead atoms. The molecule has 7 nitrogen and oxygen atoms in total. The third-order valence-electron chi connectivity index (χ3n) is 6.41. The number of hydrogen-bond donors (Lipinski definition) is 1. The molecule has 0 unspecified atom stereocenters. The zero-order chi connectivity index (χ0) is 25.8. The molecular formula is C29H29ClN2O5. The van der Waals surface area contributed by atoms with E-state index in [2.05, 4.69) is 9.80 Å². The Balaban J connectivity index is 1.15. The Labute approximate surface area is 220 Å². The number of piperazine rings is 1. The third-order valence-corrected chi connectivity index (χ3v) is 6.73. The number of aliphatic hydroxyl groups excluding tert-OH is 1. The first-order chi connectivity index (χ1) is 18.0. The Hall–Kier alpha value is -3.52. The molecule has 1 fully saturated rings. The van der Waals surface area contributed by atoms with Gasteiger partial charge in [0.05, 0.1) is 16.1 Å². The van der Waals surface area contributed by atoms with Gasteiger partial charge in [-0.3, -0.25) is 9.69 Å². The third kappa shape index (κ3) is 6.07. The van der Waals surface area contributed by atoms with Gasteiger partial charge in [0.25, 0.3) is 0 Å². The lowest BCUT2D eigenvalue weighted by molar-refractivity contribution is 0.0663. The Morgan fingerprint density at radius 1 is 1.00 bits per heavy atom. The van der Waals surface area contributed by atoms with Crippen molar-refractivity contribution in [2.75, 3.05) is 44.2 Å². The van der Waals surface area contributed by atoms with Crippen LogP contribution in [0.15, 0.2) is 82.2 Å². The molecule has 8 heteroatoms. The van der Waals surface area contributed by atoms with Crippen LogP contribution in [0.3, 0.4) is 0 Å². The van der Waals surface area contributed by atoms with Gasteiger partial charge in [-0.1, -0.05) is 35.9 Å². The van der Waals surface area contributed by atoms with E-state index in [1.54, 1.807) is 24.3 Å². The van der Waals surface area contributed by atoms with Crippen LogP contribution in [0.4, 0.5) is 5.69 Å². The quantitative estimate of drug-likeness (QED) is 0.346. The summed E-state index contributed by atoms with van der Waals surface area (Å²) in [5, 5.41) is 11.7. The molecule has 1 aliphatic rings. The van der Waals surface area contributed by atoms with Gasteiger partial charge < -0.3 is 23.9 Å². The standard InChI is InChI=1S/C29H29ClN2O5/c1-20-5-4-6-23(15-20)37-28-19-36-27-16-22(9-10-24(27)29(28)34)35-18-21(33)17-31-11-13-32(14-12-31)26-8-3-2-7-25(26)30/h2-10,15-16,19,21,33H,11-14,17-18H2,1H3/t21-/m0/s1. The lowest BCUT2D eigenvalue weighted by Crippen LogP contribution is -2.49. The molecule has 0 aliphatic carbocycles. The Morgan fingerprint density at radius 2 is 1.81 bits per heavy atom. The minimum Gasteiger partial charge on any atom is -0.491 e. The highest BCUT2D eigenvalue weighted by atomic mass is 35.5. The van der Waals surface area contributed by atoms with E-state index in [1.807, 2.05) is 49.4 Å². The van der Waals surface area contributed by atoms with Gasteiger partial charge in [-0.25, -0.2) is 0 Å². The zero-order valence-electron chi connectivity index (χ0n) is 20.6. The van der Waals surface area contributed by atoms with Crippen molar-refractivity contribution in [2.45, 2.75) is 13.0 Å². The molecule has 4 aromatic rings. The van der Waals surface area contributed by atoms with Crippen molar-refractivity contribution in [2.24, 2.45) is 0 Å². The van der Waals surface area contributed by atoms with E-state index in [4.69, 9.17) is 25.5 Å². The number of rotatable bonds is 8. The van der Waals surface area contributed by atoms with Gasteiger partial charge in [0.15, 0.2) is 0 Å². The number of para-hydroxylation sites is 1.